The molecule has 1 saturated heterocycles. The van der Waals surface area contributed by atoms with Crippen molar-refractivity contribution in [1.82, 2.24) is 10.6 Å². The predicted molar refractivity (Wildman–Crippen MR) is 104 cm³/mol. The molecule has 6 heteroatoms. The van der Waals surface area contributed by atoms with E-state index in [0.717, 1.165) is 49.5 Å². The molecular formula is C19H31N3O2S. The third kappa shape index (κ3) is 6.26. The van der Waals surface area contributed by atoms with Gasteiger partial charge in [0.15, 0.2) is 5.96 Å². The number of nitrogens with zero attached hydrogens (tertiary/aromatic N) is 1. The predicted octanol–water partition coefficient (Wildman–Crippen LogP) is 3.21. The number of ether oxygens (including phenoxy) is 1. The second-order valence-electron chi connectivity index (χ2n) is 6.95. The lowest BCUT2D eigenvalue weighted by Gasteiger charge is -2.22. The first kappa shape index (κ1) is 18.6. The van der Waals surface area contributed by atoms with Gasteiger partial charge in [0.2, 0.25) is 0 Å². The molecule has 1 aliphatic heterocycles. The van der Waals surface area contributed by atoms with Crippen LogP contribution in [0.4, 0.5) is 0 Å². The highest BCUT2D eigenvalue weighted by Gasteiger charge is 2.24. The smallest absolute Gasteiger partial charge is 0.191 e. The van der Waals surface area contributed by atoms with E-state index < -0.39 is 0 Å². The summed E-state index contributed by atoms with van der Waals surface area (Å²) in [7, 11) is 0. The van der Waals surface area contributed by atoms with Crippen molar-refractivity contribution in [2.24, 2.45) is 4.99 Å². The SMILES string of the molecule is CSC1CCC(NC(=NCC2CCCCO2)NCCc2ccco2)C1. The molecule has 3 rings (SSSR count). The van der Waals surface area contributed by atoms with Gasteiger partial charge in [-0.25, -0.2) is 0 Å². The number of hydrogen-bond donors (Lipinski definition) is 2. The van der Waals surface area contributed by atoms with Gasteiger partial charge in [-0.3, -0.25) is 4.99 Å². The van der Waals surface area contributed by atoms with E-state index in [0.29, 0.717) is 6.04 Å². The largest absolute Gasteiger partial charge is 0.469 e. The number of aliphatic imine (C=N–C) groups is 1. The van der Waals surface area contributed by atoms with Crippen LogP contribution in [-0.2, 0) is 11.2 Å². The molecule has 25 heavy (non-hydrogen) atoms. The Kier molecular flexibility index (Phi) is 7.55. The summed E-state index contributed by atoms with van der Waals surface area (Å²) in [4.78, 5) is 4.81. The van der Waals surface area contributed by atoms with Crippen LogP contribution < -0.4 is 10.6 Å². The lowest BCUT2D eigenvalue weighted by Crippen LogP contribution is -2.44. The average molecular weight is 366 g/mol. The van der Waals surface area contributed by atoms with Crippen LogP contribution in [0, 0.1) is 0 Å². The second kappa shape index (κ2) is 10.1. The summed E-state index contributed by atoms with van der Waals surface area (Å²) in [6, 6.07) is 4.48. The van der Waals surface area contributed by atoms with Crippen LogP contribution in [0.15, 0.2) is 27.8 Å². The Hall–Kier alpha value is -1.14. The van der Waals surface area contributed by atoms with Crippen molar-refractivity contribution >= 4 is 17.7 Å². The third-order valence-electron chi connectivity index (χ3n) is 5.03. The molecule has 0 spiro atoms. The van der Waals surface area contributed by atoms with E-state index in [9.17, 15) is 0 Å². The minimum atomic E-state index is 0.278. The maximum Gasteiger partial charge on any atom is 0.191 e. The van der Waals surface area contributed by atoms with Gasteiger partial charge in [0, 0.05) is 30.9 Å². The summed E-state index contributed by atoms with van der Waals surface area (Å²) < 4.78 is 11.2. The number of guanidine groups is 1. The van der Waals surface area contributed by atoms with Crippen LogP contribution in [-0.4, -0.2) is 49.3 Å². The van der Waals surface area contributed by atoms with E-state index in [2.05, 4.69) is 16.9 Å². The Morgan fingerprint density at radius 3 is 3.00 bits per heavy atom. The Labute approximate surface area is 155 Å². The Morgan fingerprint density at radius 2 is 2.28 bits per heavy atom. The molecule has 3 atom stereocenters. The van der Waals surface area contributed by atoms with E-state index in [1.807, 2.05) is 23.9 Å². The molecule has 5 nitrogen and oxygen atoms in total. The molecule has 0 aromatic carbocycles. The molecular weight excluding hydrogens is 334 g/mol. The highest BCUT2D eigenvalue weighted by Crippen LogP contribution is 2.28. The van der Waals surface area contributed by atoms with E-state index >= 15 is 0 Å². The van der Waals surface area contributed by atoms with Gasteiger partial charge in [-0.1, -0.05) is 0 Å². The first-order chi connectivity index (χ1) is 12.3. The molecule has 140 valence electrons. The van der Waals surface area contributed by atoms with Crippen LogP contribution in [0.5, 0.6) is 0 Å². The molecule has 1 aromatic heterocycles. The van der Waals surface area contributed by atoms with E-state index in [-0.39, 0.29) is 6.10 Å². The van der Waals surface area contributed by atoms with Gasteiger partial charge in [-0.05, 0) is 56.9 Å². The molecule has 1 aromatic rings. The van der Waals surface area contributed by atoms with Crippen molar-refractivity contribution in [2.75, 3.05) is 26.0 Å². The van der Waals surface area contributed by atoms with Crippen LogP contribution in [0.1, 0.15) is 44.3 Å². The van der Waals surface area contributed by atoms with Crippen molar-refractivity contribution in [2.45, 2.75) is 62.3 Å². The number of furan rings is 1. The molecule has 0 bridgehead atoms. The standard InChI is InChI=1S/C19H31N3O2S/c1-25-18-8-7-15(13-18)22-19(20-10-9-16-6-4-12-23-16)21-14-17-5-2-3-11-24-17/h4,6,12,15,17-18H,2-3,5,7-11,13-14H2,1H3,(H2,20,21,22). The van der Waals surface area contributed by atoms with Crippen molar-refractivity contribution < 1.29 is 9.15 Å². The van der Waals surface area contributed by atoms with Crippen molar-refractivity contribution in [3.63, 3.8) is 0 Å². The van der Waals surface area contributed by atoms with Gasteiger partial charge in [0.1, 0.15) is 5.76 Å². The van der Waals surface area contributed by atoms with Crippen LogP contribution in [0.3, 0.4) is 0 Å². The molecule has 2 N–H and O–H groups in total. The molecule has 0 radical (unpaired) electrons. The van der Waals surface area contributed by atoms with Crippen molar-refractivity contribution in [1.29, 1.82) is 0 Å². The van der Waals surface area contributed by atoms with Gasteiger partial charge < -0.3 is 19.8 Å². The highest BCUT2D eigenvalue weighted by atomic mass is 32.2. The summed E-state index contributed by atoms with van der Waals surface area (Å²) in [6.07, 6.45) is 12.4. The van der Waals surface area contributed by atoms with Crippen LogP contribution in [0.25, 0.3) is 0 Å². The number of nitrogens with one attached hydrogen (secondary N) is 2. The molecule has 1 saturated carbocycles. The molecule has 0 amide bonds. The van der Waals surface area contributed by atoms with Crippen LogP contribution in [0.2, 0.25) is 0 Å². The summed E-state index contributed by atoms with van der Waals surface area (Å²) in [5, 5.41) is 7.89. The Balaban J connectivity index is 1.50. The van der Waals surface area contributed by atoms with Gasteiger partial charge in [-0.15, -0.1) is 0 Å². The summed E-state index contributed by atoms with van der Waals surface area (Å²) in [5.41, 5.74) is 0. The molecule has 2 aliphatic rings. The van der Waals surface area contributed by atoms with Gasteiger partial charge >= 0.3 is 0 Å². The first-order valence-electron chi connectivity index (χ1n) is 9.55. The van der Waals surface area contributed by atoms with Crippen molar-refractivity contribution in [3.8, 4) is 0 Å². The fraction of sp³-hybridized carbons (Fsp3) is 0.737. The zero-order chi connectivity index (χ0) is 17.3. The number of rotatable bonds is 7. The Morgan fingerprint density at radius 1 is 1.32 bits per heavy atom. The minimum absolute atomic E-state index is 0.278. The van der Waals surface area contributed by atoms with Gasteiger partial charge in [0.05, 0.1) is 18.9 Å². The third-order valence-corrected chi connectivity index (χ3v) is 6.12. The minimum Gasteiger partial charge on any atom is -0.469 e. The normalized spacial score (nSPS) is 27.4. The average Bonchev–Trinajstić information content (AvgIpc) is 3.32. The maximum absolute atomic E-state index is 5.82. The molecule has 2 heterocycles. The fourth-order valence-electron chi connectivity index (χ4n) is 3.53. The van der Waals surface area contributed by atoms with Gasteiger partial charge in [0.25, 0.3) is 0 Å². The summed E-state index contributed by atoms with van der Waals surface area (Å²) in [5.74, 6) is 1.93. The fourth-order valence-corrected chi connectivity index (χ4v) is 4.33. The number of hydrogen-bond acceptors (Lipinski definition) is 4. The first-order valence-corrected chi connectivity index (χ1v) is 10.8. The van der Waals surface area contributed by atoms with Crippen LogP contribution >= 0.6 is 11.8 Å². The summed E-state index contributed by atoms with van der Waals surface area (Å²) >= 11 is 1.98. The van der Waals surface area contributed by atoms with Crippen molar-refractivity contribution in [3.05, 3.63) is 24.2 Å². The van der Waals surface area contributed by atoms with E-state index in [4.69, 9.17) is 14.1 Å². The second-order valence-corrected chi connectivity index (χ2v) is 8.08. The Bertz CT molecular complexity index is 515. The zero-order valence-electron chi connectivity index (χ0n) is 15.2. The van der Waals surface area contributed by atoms with E-state index in [1.54, 1.807) is 6.26 Å². The highest BCUT2D eigenvalue weighted by molar-refractivity contribution is 7.99. The lowest BCUT2D eigenvalue weighted by molar-refractivity contribution is 0.0224. The maximum atomic E-state index is 5.82. The molecule has 2 fully saturated rings. The quantitative estimate of drug-likeness (QED) is 0.574. The molecule has 1 aliphatic carbocycles. The molecule has 3 unspecified atom stereocenters. The monoisotopic (exact) mass is 365 g/mol. The zero-order valence-corrected chi connectivity index (χ0v) is 16.0. The number of thioether (sulfide) groups is 1. The summed E-state index contributed by atoms with van der Waals surface area (Å²) in [6.45, 7) is 2.45. The lowest BCUT2D eigenvalue weighted by atomic mass is 10.1. The topological polar surface area (TPSA) is 58.8 Å². The van der Waals surface area contributed by atoms with E-state index in [1.165, 1.54) is 32.1 Å². The van der Waals surface area contributed by atoms with Gasteiger partial charge in [-0.2, -0.15) is 11.8 Å².